The molecule has 1 aromatic carbocycles. The lowest BCUT2D eigenvalue weighted by Gasteiger charge is -2.09. The Hall–Kier alpha value is -2.27. The number of nitrogens with one attached hydrogen (secondary N) is 2. The Morgan fingerprint density at radius 2 is 2.00 bits per heavy atom. The summed E-state index contributed by atoms with van der Waals surface area (Å²) in [6.45, 7) is 4.72. The van der Waals surface area contributed by atoms with Gasteiger partial charge in [-0.05, 0) is 30.2 Å². The average Bonchev–Trinajstić information content (AvgIpc) is 2.52. The van der Waals surface area contributed by atoms with Gasteiger partial charge in [0.05, 0.1) is 13.2 Å². The predicted octanol–water partition coefficient (Wildman–Crippen LogP) is 2.99. The SMILES string of the molecule is CC(C)COc1c[nH]c(CNC(=O)c2ccc(Cl)cc2)cc1=O. The topological polar surface area (TPSA) is 71.2 Å². The van der Waals surface area contributed by atoms with E-state index in [0.29, 0.717) is 28.8 Å². The van der Waals surface area contributed by atoms with Gasteiger partial charge in [-0.15, -0.1) is 0 Å². The third kappa shape index (κ3) is 5.14. The van der Waals surface area contributed by atoms with E-state index >= 15 is 0 Å². The number of H-pyrrole nitrogens is 1. The Balaban J connectivity index is 1.95. The summed E-state index contributed by atoms with van der Waals surface area (Å²) in [6.07, 6.45) is 1.52. The molecular formula is C17H19ClN2O3. The molecule has 0 saturated heterocycles. The molecule has 0 aliphatic heterocycles. The fraction of sp³-hybridized carbons (Fsp3) is 0.294. The molecule has 0 saturated carbocycles. The Bertz CT molecular complexity index is 723. The van der Waals surface area contributed by atoms with Crippen LogP contribution in [0.5, 0.6) is 5.75 Å². The van der Waals surface area contributed by atoms with Crippen LogP contribution in [0.3, 0.4) is 0 Å². The number of amides is 1. The number of ether oxygens (including phenoxy) is 1. The Morgan fingerprint density at radius 3 is 2.61 bits per heavy atom. The van der Waals surface area contributed by atoms with Crippen LogP contribution in [0, 0.1) is 5.92 Å². The first-order valence-corrected chi connectivity index (χ1v) is 7.71. The lowest BCUT2D eigenvalue weighted by molar-refractivity contribution is 0.0950. The van der Waals surface area contributed by atoms with E-state index in [9.17, 15) is 9.59 Å². The number of aromatic amines is 1. The van der Waals surface area contributed by atoms with Crippen molar-refractivity contribution >= 4 is 17.5 Å². The molecule has 1 amide bonds. The van der Waals surface area contributed by atoms with Gasteiger partial charge in [0.1, 0.15) is 0 Å². The largest absolute Gasteiger partial charge is 0.488 e. The average molecular weight is 335 g/mol. The van der Waals surface area contributed by atoms with Crippen LogP contribution in [0.1, 0.15) is 29.9 Å². The molecule has 2 N–H and O–H groups in total. The first kappa shape index (κ1) is 17.1. The highest BCUT2D eigenvalue weighted by molar-refractivity contribution is 6.30. The van der Waals surface area contributed by atoms with Gasteiger partial charge in [-0.25, -0.2) is 0 Å². The third-order valence-electron chi connectivity index (χ3n) is 3.05. The second kappa shape index (κ2) is 7.83. The molecule has 6 heteroatoms. The van der Waals surface area contributed by atoms with Crippen molar-refractivity contribution in [1.82, 2.24) is 10.3 Å². The summed E-state index contributed by atoms with van der Waals surface area (Å²) in [5, 5.41) is 3.31. The molecule has 0 spiro atoms. The monoisotopic (exact) mass is 334 g/mol. The van der Waals surface area contributed by atoms with Gasteiger partial charge in [0, 0.05) is 28.5 Å². The minimum atomic E-state index is -0.234. The van der Waals surface area contributed by atoms with Gasteiger partial charge in [0.25, 0.3) is 5.91 Å². The summed E-state index contributed by atoms with van der Waals surface area (Å²) in [6, 6.07) is 8.02. The normalized spacial score (nSPS) is 10.6. The molecule has 0 aliphatic carbocycles. The lowest BCUT2D eigenvalue weighted by Crippen LogP contribution is -2.24. The van der Waals surface area contributed by atoms with Crippen LogP contribution in [0.4, 0.5) is 0 Å². The van der Waals surface area contributed by atoms with Crippen LogP contribution in [0.15, 0.2) is 41.3 Å². The van der Waals surface area contributed by atoms with E-state index in [1.807, 2.05) is 13.8 Å². The number of carbonyl (C=O) groups excluding carboxylic acids is 1. The summed E-state index contributed by atoms with van der Waals surface area (Å²) in [4.78, 5) is 26.9. The zero-order valence-corrected chi connectivity index (χ0v) is 13.8. The molecule has 1 aromatic heterocycles. The van der Waals surface area contributed by atoms with Gasteiger partial charge >= 0.3 is 0 Å². The third-order valence-corrected chi connectivity index (χ3v) is 3.31. The first-order chi connectivity index (χ1) is 11.0. The van der Waals surface area contributed by atoms with Crippen molar-refractivity contribution in [3.8, 4) is 5.75 Å². The van der Waals surface area contributed by atoms with Gasteiger partial charge in [0.2, 0.25) is 5.43 Å². The van der Waals surface area contributed by atoms with E-state index in [1.54, 1.807) is 24.3 Å². The fourth-order valence-corrected chi connectivity index (χ4v) is 1.98. The summed E-state index contributed by atoms with van der Waals surface area (Å²) >= 11 is 5.78. The number of hydrogen-bond donors (Lipinski definition) is 2. The van der Waals surface area contributed by atoms with Crippen LogP contribution in [0.25, 0.3) is 0 Å². The van der Waals surface area contributed by atoms with E-state index in [2.05, 4.69) is 10.3 Å². The van der Waals surface area contributed by atoms with Gasteiger partial charge in [-0.2, -0.15) is 0 Å². The first-order valence-electron chi connectivity index (χ1n) is 7.34. The van der Waals surface area contributed by atoms with Crippen molar-refractivity contribution in [3.63, 3.8) is 0 Å². The minimum absolute atomic E-state index is 0.208. The maximum Gasteiger partial charge on any atom is 0.251 e. The molecule has 0 atom stereocenters. The Labute approximate surface area is 139 Å². The Kier molecular flexibility index (Phi) is 5.82. The highest BCUT2D eigenvalue weighted by Gasteiger charge is 2.07. The second-order valence-corrected chi connectivity index (χ2v) is 6.02. The van der Waals surface area contributed by atoms with E-state index < -0.39 is 0 Å². The Morgan fingerprint density at radius 1 is 1.30 bits per heavy atom. The highest BCUT2D eigenvalue weighted by atomic mass is 35.5. The number of pyridine rings is 1. The summed E-state index contributed by atoms with van der Waals surface area (Å²) in [5.74, 6) is 0.391. The van der Waals surface area contributed by atoms with E-state index in [0.717, 1.165) is 0 Å². The molecule has 0 bridgehead atoms. The van der Waals surface area contributed by atoms with Crippen molar-refractivity contribution in [2.75, 3.05) is 6.61 Å². The van der Waals surface area contributed by atoms with Gasteiger partial charge < -0.3 is 15.0 Å². The zero-order chi connectivity index (χ0) is 16.8. The summed E-state index contributed by atoms with van der Waals surface area (Å²) in [5.41, 5.74) is 0.906. The van der Waals surface area contributed by atoms with Crippen molar-refractivity contribution in [1.29, 1.82) is 0 Å². The van der Waals surface area contributed by atoms with Crippen LogP contribution in [-0.4, -0.2) is 17.5 Å². The van der Waals surface area contributed by atoms with Gasteiger partial charge in [-0.1, -0.05) is 25.4 Å². The lowest BCUT2D eigenvalue weighted by atomic mass is 10.2. The van der Waals surface area contributed by atoms with Crippen LogP contribution in [-0.2, 0) is 6.54 Å². The maximum atomic E-state index is 12.0. The van der Waals surface area contributed by atoms with Crippen molar-refractivity contribution < 1.29 is 9.53 Å². The molecule has 0 fully saturated rings. The van der Waals surface area contributed by atoms with Crippen molar-refractivity contribution in [2.24, 2.45) is 5.92 Å². The van der Waals surface area contributed by atoms with E-state index in [4.69, 9.17) is 16.3 Å². The molecule has 5 nitrogen and oxygen atoms in total. The molecule has 1 heterocycles. The molecule has 23 heavy (non-hydrogen) atoms. The second-order valence-electron chi connectivity index (χ2n) is 5.58. The quantitative estimate of drug-likeness (QED) is 0.853. The molecule has 2 rings (SSSR count). The van der Waals surface area contributed by atoms with Crippen molar-refractivity contribution in [2.45, 2.75) is 20.4 Å². The molecular weight excluding hydrogens is 316 g/mol. The number of hydrogen-bond acceptors (Lipinski definition) is 3. The number of benzene rings is 1. The van der Waals surface area contributed by atoms with Gasteiger partial charge in [0.15, 0.2) is 5.75 Å². The van der Waals surface area contributed by atoms with Crippen LogP contribution >= 0.6 is 11.6 Å². The summed E-state index contributed by atoms with van der Waals surface area (Å²) < 4.78 is 5.42. The minimum Gasteiger partial charge on any atom is -0.488 e. The maximum absolute atomic E-state index is 12.0. The summed E-state index contributed by atoms with van der Waals surface area (Å²) in [7, 11) is 0. The fourth-order valence-electron chi connectivity index (χ4n) is 1.85. The predicted molar refractivity (Wildman–Crippen MR) is 90.0 cm³/mol. The molecule has 0 aliphatic rings. The standard InChI is InChI=1S/C17H19ClN2O3/c1-11(2)10-23-16-9-19-14(7-15(16)21)8-20-17(22)12-3-5-13(18)6-4-12/h3-7,9,11H,8,10H2,1-2H3,(H,19,21)(H,20,22). The van der Waals surface area contributed by atoms with Crippen molar-refractivity contribution in [3.05, 3.63) is 63.0 Å². The molecule has 122 valence electrons. The van der Waals surface area contributed by atoms with Crippen LogP contribution in [0.2, 0.25) is 5.02 Å². The van der Waals surface area contributed by atoms with Crippen LogP contribution < -0.4 is 15.5 Å². The number of carbonyl (C=O) groups is 1. The van der Waals surface area contributed by atoms with E-state index in [-0.39, 0.29) is 23.6 Å². The number of aromatic nitrogens is 1. The molecule has 0 radical (unpaired) electrons. The number of rotatable bonds is 6. The molecule has 2 aromatic rings. The molecule has 0 unspecified atom stereocenters. The van der Waals surface area contributed by atoms with Gasteiger partial charge in [-0.3, -0.25) is 9.59 Å². The smallest absolute Gasteiger partial charge is 0.251 e. The zero-order valence-electron chi connectivity index (χ0n) is 13.1. The number of halogens is 1. The highest BCUT2D eigenvalue weighted by Crippen LogP contribution is 2.09. The van der Waals surface area contributed by atoms with E-state index in [1.165, 1.54) is 12.3 Å².